The van der Waals surface area contributed by atoms with Crippen LogP contribution in [-0.2, 0) is 11.2 Å². The van der Waals surface area contributed by atoms with Gasteiger partial charge in [0.15, 0.2) is 0 Å². The average molecular weight is 346 g/mol. The number of nitrogens with zero attached hydrogens (tertiary/aromatic N) is 3. The molecule has 1 aromatic rings. The molecule has 2 rings (SSSR count). The third-order valence-electron chi connectivity index (χ3n) is 4.88. The molecule has 1 fully saturated rings. The first kappa shape index (κ1) is 19.2. The van der Waals surface area contributed by atoms with Crippen molar-refractivity contribution in [3.8, 4) is 0 Å². The Balaban J connectivity index is 2.01. The van der Waals surface area contributed by atoms with Crippen LogP contribution in [0.3, 0.4) is 0 Å². The number of hydrogen-bond donors (Lipinski definition) is 1. The van der Waals surface area contributed by atoms with E-state index in [1.807, 2.05) is 29.2 Å². The largest absolute Gasteiger partial charge is 0.349 e. The molecule has 1 N–H and O–H groups in total. The van der Waals surface area contributed by atoms with Crippen LogP contribution >= 0.6 is 0 Å². The first-order valence-corrected chi connectivity index (χ1v) is 9.04. The van der Waals surface area contributed by atoms with Gasteiger partial charge in [-0.2, -0.15) is 0 Å². The van der Waals surface area contributed by atoms with Gasteiger partial charge in [-0.25, -0.2) is 4.79 Å². The second kappa shape index (κ2) is 8.85. The average Bonchev–Trinajstić information content (AvgIpc) is 3.07. The van der Waals surface area contributed by atoms with Crippen LogP contribution in [-0.4, -0.2) is 73.0 Å². The lowest BCUT2D eigenvalue weighted by atomic mass is 10.1. The number of likely N-dealkylation sites (N-methyl/N-ethyl adjacent to an activating group) is 2. The summed E-state index contributed by atoms with van der Waals surface area (Å²) in [5, 5.41) is 2.99. The second-order valence-electron chi connectivity index (χ2n) is 6.66. The van der Waals surface area contributed by atoms with Crippen molar-refractivity contribution in [3.05, 3.63) is 29.8 Å². The minimum Gasteiger partial charge on any atom is -0.349 e. The Kier molecular flexibility index (Phi) is 6.82. The van der Waals surface area contributed by atoms with E-state index in [1.165, 1.54) is 0 Å². The number of likely N-dealkylation sites (tertiary alicyclic amines) is 1. The molecule has 3 amide bonds. The summed E-state index contributed by atoms with van der Waals surface area (Å²) in [7, 11) is 3.47. The van der Waals surface area contributed by atoms with Crippen LogP contribution in [0.5, 0.6) is 0 Å². The van der Waals surface area contributed by atoms with E-state index in [0.29, 0.717) is 11.7 Å². The predicted octanol–water partition coefficient (Wildman–Crippen LogP) is 2.27. The smallest absolute Gasteiger partial charge is 0.321 e. The number of carbonyl (C=O) groups excluding carboxylic acids is 2. The van der Waals surface area contributed by atoms with Crippen molar-refractivity contribution < 1.29 is 9.59 Å². The van der Waals surface area contributed by atoms with E-state index >= 15 is 0 Å². The Hall–Kier alpha value is -2.08. The zero-order valence-electron chi connectivity index (χ0n) is 15.8. The van der Waals surface area contributed by atoms with Crippen LogP contribution in [0.4, 0.5) is 10.5 Å². The molecule has 1 heterocycles. The number of anilines is 1. The summed E-state index contributed by atoms with van der Waals surface area (Å²) in [6, 6.07) is 7.86. The Morgan fingerprint density at radius 2 is 1.88 bits per heavy atom. The highest BCUT2D eigenvalue weighted by atomic mass is 16.2. The fourth-order valence-electron chi connectivity index (χ4n) is 3.28. The van der Waals surface area contributed by atoms with Gasteiger partial charge in [-0.3, -0.25) is 9.69 Å². The molecule has 0 aromatic heterocycles. The molecule has 25 heavy (non-hydrogen) atoms. The number of nitrogens with one attached hydrogen (secondary N) is 1. The van der Waals surface area contributed by atoms with Gasteiger partial charge in [0.2, 0.25) is 5.91 Å². The summed E-state index contributed by atoms with van der Waals surface area (Å²) in [4.78, 5) is 30.5. The van der Waals surface area contributed by atoms with Crippen molar-refractivity contribution in [2.45, 2.75) is 32.7 Å². The predicted molar refractivity (Wildman–Crippen MR) is 101 cm³/mol. The highest BCUT2D eigenvalue weighted by Crippen LogP contribution is 2.20. The molecule has 6 heteroatoms. The molecule has 1 saturated heterocycles. The third kappa shape index (κ3) is 4.95. The monoisotopic (exact) mass is 346 g/mol. The Morgan fingerprint density at radius 1 is 1.20 bits per heavy atom. The second-order valence-corrected chi connectivity index (χ2v) is 6.66. The van der Waals surface area contributed by atoms with Gasteiger partial charge in [-0.15, -0.1) is 0 Å². The maximum Gasteiger partial charge on any atom is 0.321 e. The molecule has 0 aliphatic carbocycles. The van der Waals surface area contributed by atoms with Gasteiger partial charge < -0.3 is 15.1 Å². The van der Waals surface area contributed by atoms with Crippen molar-refractivity contribution >= 4 is 17.6 Å². The molecule has 0 bridgehead atoms. The van der Waals surface area contributed by atoms with Crippen LogP contribution in [0.1, 0.15) is 25.8 Å². The van der Waals surface area contributed by atoms with Crippen molar-refractivity contribution in [3.63, 3.8) is 0 Å². The van der Waals surface area contributed by atoms with Crippen molar-refractivity contribution in [2.75, 3.05) is 45.6 Å². The Bertz CT molecular complexity index is 599. The molecule has 1 unspecified atom stereocenters. The lowest BCUT2D eigenvalue weighted by Crippen LogP contribution is -2.40. The Morgan fingerprint density at radius 3 is 2.52 bits per heavy atom. The van der Waals surface area contributed by atoms with E-state index < -0.39 is 0 Å². The summed E-state index contributed by atoms with van der Waals surface area (Å²) in [5.74, 6) is 0.0180. The molecular formula is C19H30N4O2. The van der Waals surface area contributed by atoms with Crippen LogP contribution in [0.25, 0.3) is 0 Å². The van der Waals surface area contributed by atoms with E-state index in [4.69, 9.17) is 0 Å². The summed E-state index contributed by atoms with van der Waals surface area (Å²) >= 11 is 0. The van der Waals surface area contributed by atoms with Crippen LogP contribution < -0.4 is 5.32 Å². The molecule has 0 spiro atoms. The molecule has 1 aliphatic rings. The van der Waals surface area contributed by atoms with E-state index in [-0.39, 0.29) is 18.4 Å². The molecule has 1 aromatic carbocycles. The summed E-state index contributed by atoms with van der Waals surface area (Å²) < 4.78 is 0. The Labute approximate surface area is 150 Å². The van der Waals surface area contributed by atoms with Gasteiger partial charge in [0, 0.05) is 38.9 Å². The van der Waals surface area contributed by atoms with E-state index in [0.717, 1.165) is 38.2 Å². The SMILES string of the molecule is CCN(CC)C1CCN(C(=O)Nc2ccccc2CC(=O)N(C)C)C1. The van der Waals surface area contributed by atoms with Crippen LogP contribution in [0.15, 0.2) is 24.3 Å². The standard InChI is InChI=1S/C19H30N4O2/c1-5-22(6-2)16-11-12-23(14-16)19(25)20-17-10-8-7-9-15(17)13-18(24)21(3)4/h7-10,16H,5-6,11-14H2,1-4H3,(H,20,25). The third-order valence-corrected chi connectivity index (χ3v) is 4.88. The number of urea groups is 1. The summed E-state index contributed by atoms with van der Waals surface area (Å²) in [6.45, 7) is 7.85. The number of amides is 3. The van der Waals surface area contributed by atoms with Crippen molar-refractivity contribution in [1.29, 1.82) is 0 Å². The normalized spacial score (nSPS) is 17.0. The summed E-state index contributed by atoms with van der Waals surface area (Å²) in [5.41, 5.74) is 1.56. The maximum atomic E-state index is 12.6. The van der Waals surface area contributed by atoms with Gasteiger partial charge in [0.05, 0.1) is 6.42 Å². The zero-order valence-corrected chi connectivity index (χ0v) is 15.8. The van der Waals surface area contributed by atoms with Crippen molar-refractivity contribution in [2.24, 2.45) is 0 Å². The molecule has 1 aliphatic heterocycles. The number of carbonyl (C=O) groups is 2. The molecular weight excluding hydrogens is 316 g/mol. The molecule has 6 nitrogen and oxygen atoms in total. The minimum atomic E-state index is -0.0839. The molecule has 1 atom stereocenters. The number of hydrogen-bond acceptors (Lipinski definition) is 3. The highest BCUT2D eigenvalue weighted by molar-refractivity contribution is 5.91. The van der Waals surface area contributed by atoms with Crippen molar-refractivity contribution in [1.82, 2.24) is 14.7 Å². The van der Waals surface area contributed by atoms with Crippen LogP contribution in [0, 0.1) is 0 Å². The number of benzene rings is 1. The zero-order chi connectivity index (χ0) is 18.4. The topological polar surface area (TPSA) is 55.9 Å². The number of rotatable bonds is 6. The van der Waals surface area contributed by atoms with Gasteiger partial charge in [0.1, 0.15) is 0 Å². The molecule has 0 saturated carbocycles. The number of para-hydroxylation sites is 1. The lowest BCUT2D eigenvalue weighted by Gasteiger charge is -2.26. The van der Waals surface area contributed by atoms with Gasteiger partial charge >= 0.3 is 6.03 Å². The molecule has 0 radical (unpaired) electrons. The minimum absolute atomic E-state index is 0.0180. The lowest BCUT2D eigenvalue weighted by molar-refractivity contribution is -0.127. The van der Waals surface area contributed by atoms with Gasteiger partial charge in [0.25, 0.3) is 0 Å². The highest BCUT2D eigenvalue weighted by Gasteiger charge is 2.29. The van der Waals surface area contributed by atoms with E-state index in [1.54, 1.807) is 19.0 Å². The summed E-state index contributed by atoms with van der Waals surface area (Å²) in [6.07, 6.45) is 1.29. The van der Waals surface area contributed by atoms with E-state index in [2.05, 4.69) is 24.1 Å². The fraction of sp³-hybridized carbons (Fsp3) is 0.579. The van der Waals surface area contributed by atoms with E-state index in [9.17, 15) is 9.59 Å². The van der Waals surface area contributed by atoms with Crippen LogP contribution in [0.2, 0.25) is 0 Å². The molecule has 138 valence electrons. The van der Waals surface area contributed by atoms with Gasteiger partial charge in [-0.05, 0) is 31.1 Å². The quantitative estimate of drug-likeness (QED) is 0.860. The van der Waals surface area contributed by atoms with Gasteiger partial charge in [-0.1, -0.05) is 32.0 Å². The first-order chi connectivity index (χ1) is 12.0. The first-order valence-electron chi connectivity index (χ1n) is 9.04. The fourth-order valence-corrected chi connectivity index (χ4v) is 3.28. The maximum absolute atomic E-state index is 12.6.